The smallest absolute Gasteiger partial charge is 1.00 e. The molecule has 0 aromatic heterocycles. The molecule has 0 N–H and O–H groups in total. The summed E-state index contributed by atoms with van der Waals surface area (Å²) >= 11 is 12.2. The zero-order chi connectivity index (χ0) is 26.7. The minimum atomic E-state index is -0.279. The largest absolute Gasteiger partial charge is 3.00 e. The van der Waals surface area contributed by atoms with Gasteiger partial charge in [0.05, 0.1) is 12.1 Å². The predicted octanol–water partition coefficient (Wildman–Crippen LogP) is 3.76. The second-order valence-electron chi connectivity index (χ2n) is 11.9. The van der Waals surface area contributed by atoms with Crippen LogP contribution in [0.3, 0.4) is 0 Å². The molecular weight excluding hydrogens is 582 g/mol. The van der Waals surface area contributed by atoms with Crippen molar-refractivity contribution in [3.05, 3.63) is 57.6 Å². The van der Waals surface area contributed by atoms with E-state index in [4.69, 9.17) is 33.2 Å². The van der Waals surface area contributed by atoms with Crippen LogP contribution in [0.1, 0.15) is 101 Å². The SMILES string of the molecule is CC(C)(C)c1cc(CCl)cc(C=N[C@@H]2CCCC[C@H]2N=Cc2cc(CCl)cc(C(C)(C)C)c2[O-])c1[O-].[Cl-].[Mn+3]. The third kappa shape index (κ3) is 8.63. The number of benzene rings is 2. The van der Waals surface area contributed by atoms with Gasteiger partial charge in [-0.3, -0.25) is 9.98 Å². The van der Waals surface area contributed by atoms with Crippen LogP contribution < -0.4 is 22.6 Å². The number of nitrogens with zero attached hydrogens (tertiary/aromatic N) is 2. The van der Waals surface area contributed by atoms with Crippen molar-refractivity contribution in [1.82, 2.24) is 0 Å². The molecule has 2 aromatic carbocycles. The maximum absolute atomic E-state index is 13.1. The quantitative estimate of drug-likeness (QED) is 0.281. The van der Waals surface area contributed by atoms with Gasteiger partial charge in [-0.25, -0.2) is 0 Å². The molecule has 0 spiro atoms. The van der Waals surface area contributed by atoms with E-state index in [-0.39, 0.29) is 63.9 Å². The van der Waals surface area contributed by atoms with E-state index in [0.29, 0.717) is 22.9 Å². The molecule has 0 unspecified atom stereocenters. The Morgan fingerprint density at radius 1 is 0.737 bits per heavy atom. The van der Waals surface area contributed by atoms with Crippen LogP contribution in [0, 0.1) is 0 Å². The Morgan fingerprint density at radius 2 is 1.08 bits per heavy atom. The first-order valence-electron chi connectivity index (χ1n) is 12.7. The molecule has 0 bridgehead atoms. The monoisotopic (exact) mass is 618 g/mol. The van der Waals surface area contributed by atoms with Gasteiger partial charge in [0.25, 0.3) is 0 Å². The molecule has 38 heavy (non-hydrogen) atoms. The van der Waals surface area contributed by atoms with Crippen LogP contribution >= 0.6 is 23.2 Å². The summed E-state index contributed by atoms with van der Waals surface area (Å²) in [7, 11) is 0. The molecule has 4 nitrogen and oxygen atoms in total. The molecule has 1 aliphatic rings. The van der Waals surface area contributed by atoms with Gasteiger partial charge in [0.2, 0.25) is 0 Å². The van der Waals surface area contributed by atoms with Crippen molar-refractivity contribution in [2.45, 2.75) is 102 Å². The molecule has 2 aromatic rings. The number of hydrogen-bond acceptors (Lipinski definition) is 4. The molecule has 0 saturated heterocycles. The maximum Gasteiger partial charge on any atom is 3.00 e. The molecule has 3 rings (SSSR count). The number of halogens is 3. The fraction of sp³-hybridized carbons (Fsp3) is 0.533. The number of rotatable bonds is 6. The Hall–Kier alpha value is -1.23. The van der Waals surface area contributed by atoms with E-state index < -0.39 is 0 Å². The Kier molecular flexibility index (Phi) is 13.2. The molecule has 2 atom stereocenters. The van der Waals surface area contributed by atoms with E-state index in [1.54, 1.807) is 12.4 Å². The van der Waals surface area contributed by atoms with Gasteiger partial charge in [-0.1, -0.05) is 78.0 Å². The van der Waals surface area contributed by atoms with Crippen LogP contribution in [0.4, 0.5) is 0 Å². The molecule has 0 amide bonds. The summed E-state index contributed by atoms with van der Waals surface area (Å²) in [5.74, 6) is 0.686. The zero-order valence-corrected chi connectivity index (χ0v) is 26.5. The molecule has 0 radical (unpaired) electrons. The van der Waals surface area contributed by atoms with E-state index in [1.165, 1.54) is 0 Å². The Bertz CT molecular complexity index is 1050. The first-order valence-corrected chi connectivity index (χ1v) is 13.8. The topological polar surface area (TPSA) is 70.8 Å². The number of hydrogen-bond donors (Lipinski definition) is 0. The van der Waals surface area contributed by atoms with Gasteiger partial charge < -0.3 is 22.6 Å². The molecule has 1 fully saturated rings. The van der Waals surface area contributed by atoms with Crippen LogP contribution in [-0.2, 0) is 39.7 Å². The van der Waals surface area contributed by atoms with E-state index in [1.807, 2.05) is 65.8 Å². The molecule has 1 saturated carbocycles. The minimum Gasteiger partial charge on any atom is -1.00 e. The van der Waals surface area contributed by atoms with Crippen LogP contribution in [0.15, 0.2) is 34.3 Å². The van der Waals surface area contributed by atoms with Crippen molar-refractivity contribution in [2.75, 3.05) is 0 Å². The Labute approximate surface area is 255 Å². The molecule has 1 aliphatic carbocycles. The number of aliphatic imine (C=N–C) groups is 2. The molecule has 208 valence electrons. The van der Waals surface area contributed by atoms with Crippen LogP contribution in [-0.4, -0.2) is 24.5 Å². The Morgan fingerprint density at radius 3 is 1.37 bits per heavy atom. The maximum atomic E-state index is 13.1. The third-order valence-corrected chi connectivity index (χ3v) is 7.40. The van der Waals surface area contributed by atoms with Gasteiger partial charge in [0, 0.05) is 24.2 Å². The van der Waals surface area contributed by atoms with Gasteiger partial charge >= 0.3 is 17.1 Å². The number of alkyl halides is 2. The van der Waals surface area contributed by atoms with Crippen LogP contribution in [0.25, 0.3) is 0 Å². The average Bonchev–Trinajstić information content (AvgIpc) is 2.81. The van der Waals surface area contributed by atoms with E-state index in [0.717, 1.165) is 47.9 Å². The van der Waals surface area contributed by atoms with Gasteiger partial charge in [0.1, 0.15) is 0 Å². The van der Waals surface area contributed by atoms with Crippen molar-refractivity contribution < 1.29 is 39.7 Å². The second-order valence-corrected chi connectivity index (χ2v) is 12.4. The summed E-state index contributed by atoms with van der Waals surface area (Å²) in [5, 5.41) is 26.3. The Balaban J connectivity index is 0.00000361. The van der Waals surface area contributed by atoms with Gasteiger partial charge in [-0.05, 0) is 69.2 Å². The first-order chi connectivity index (χ1) is 16.8. The van der Waals surface area contributed by atoms with Crippen molar-refractivity contribution in [2.24, 2.45) is 9.98 Å². The summed E-state index contributed by atoms with van der Waals surface area (Å²) in [4.78, 5) is 9.68. The molecule has 8 heteroatoms. The average molecular weight is 620 g/mol. The normalized spacial score (nSPS) is 18.4. The summed E-state index contributed by atoms with van der Waals surface area (Å²) in [5.41, 5.74) is 3.90. The third-order valence-electron chi connectivity index (χ3n) is 6.78. The van der Waals surface area contributed by atoms with E-state index >= 15 is 0 Å². The summed E-state index contributed by atoms with van der Waals surface area (Å²) in [6, 6.07) is 7.40. The van der Waals surface area contributed by atoms with Crippen LogP contribution in [0.2, 0.25) is 0 Å². The van der Waals surface area contributed by atoms with Gasteiger partial charge in [-0.15, -0.1) is 23.2 Å². The van der Waals surface area contributed by atoms with Crippen molar-refractivity contribution in [3.63, 3.8) is 0 Å². The molecule has 0 heterocycles. The standard InChI is InChI=1S/C30H40Cl2N2O2.ClH.Mn/c1-29(2,3)23-13-19(15-31)11-21(27(23)35)17-33-25-9-7-8-10-26(25)34-18-22-12-20(16-32)14-24(28(22)36)30(4,5)6;;/h11-14,17-18,25-26,35-36H,7-10,15-16H2,1-6H3;1H;/q;;+3/p-3/t25-,26-;;/m1../s1. The summed E-state index contributed by atoms with van der Waals surface area (Å²) in [6.07, 6.45) is 7.33. The second kappa shape index (κ2) is 14.4. The molecule has 0 aliphatic heterocycles. The first kappa shape index (κ1) is 34.8. The van der Waals surface area contributed by atoms with Crippen molar-refractivity contribution in [3.8, 4) is 11.5 Å². The fourth-order valence-corrected chi connectivity index (χ4v) is 4.99. The van der Waals surface area contributed by atoms with Gasteiger partial charge in [0.15, 0.2) is 0 Å². The van der Waals surface area contributed by atoms with E-state index in [2.05, 4.69) is 0 Å². The minimum absolute atomic E-state index is 0. The summed E-state index contributed by atoms with van der Waals surface area (Å²) < 4.78 is 0. The van der Waals surface area contributed by atoms with E-state index in [9.17, 15) is 10.2 Å². The summed E-state index contributed by atoms with van der Waals surface area (Å²) in [6.45, 7) is 12.2. The van der Waals surface area contributed by atoms with Gasteiger partial charge in [-0.2, -0.15) is 0 Å². The van der Waals surface area contributed by atoms with Crippen molar-refractivity contribution >= 4 is 35.6 Å². The predicted molar refractivity (Wildman–Crippen MR) is 150 cm³/mol. The fourth-order valence-electron chi connectivity index (χ4n) is 4.68. The van der Waals surface area contributed by atoms with Crippen LogP contribution in [0.5, 0.6) is 11.5 Å². The molecular formula is C30H38Cl3MnN2O2. The van der Waals surface area contributed by atoms with Crippen molar-refractivity contribution in [1.29, 1.82) is 0 Å². The zero-order valence-electron chi connectivity index (χ0n) is 23.1.